The highest BCUT2D eigenvalue weighted by Gasteiger charge is 2.22. The molecular formula is C17H25FN4O. The van der Waals surface area contributed by atoms with Gasteiger partial charge in [0, 0.05) is 7.05 Å². The van der Waals surface area contributed by atoms with Crippen molar-refractivity contribution in [3.63, 3.8) is 0 Å². The van der Waals surface area contributed by atoms with E-state index >= 15 is 0 Å². The van der Waals surface area contributed by atoms with Crippen molar-refractivity contribution in [2.75, 3.05) is 5.43 Å². The van der Waals surface area contributed by atoms with Crippen molar-refractivity contribution in [1.82, 2.24) is 9.78 Å². The van der Waals surface area contributed by atoms with Crippen LogP contribution in [0.1, 0.15) is 44.4 Å². The second-order valence-electron chi connectivity index (χ2n) is 6.45. The fourth-order valence-corrected chi connectivity index (χ4v) is 2.95. The van der Waals surface area contributed by atoms with Crippen molar-refractivity contribution in [3.8, 4) is 0 Å². The average molecular weight is 320 g/mol. The number of nitrogens with zero attached hydrogens (tertiary/aromatic N) is 2. The minimum absolute atomic E-state index is 0.00110. The number of hydrogen-bond acceptors (Lipinski definition) is 3. The summed E-state index contributed by atoms with van der Waals surface area (Å²) >= 11 is 0. The van der Waals surface area contributed by atoms with Gasteiger partial charge in [-0.2, -0.15) is 9.49 Å². The second-order valence-corrected chi connectivity index (χ2v) is 6.45. The maximum Gasteiger partial charge on any atom is 0.275 e. The zero-order valence-corrected chi connectivity index (χ0v) is 14.4. The van der Waals surface area contributed by atoms with Crippen molar-refractivity contribution >= 4 is 11.4 Å². The molecule has 23 heavy (non-hydrogen) atoms. The number of nitrogens with one attached hydrogen (secondary N) is 2. The van der Waals surface area contributed by atoms with E-state index in [9.17, 15) is 9.60 Å². The van der Waals surface area contributed by atoms with Crippen LogP contribution in [0.4, 0.5) is 15.8 Å². The SMILES string of the molecule is Cc1nn(C)c(F)c1[NH+]([O-])Nc1ccccc1C(C)CC(C)C. The number of rotatable bonds is 6. The first kappa shape index (κ1) is 17.4. The topological polar surface area (TPSA) is 57.4 Å². The molecule has 1 aromatic carbocycles. The molecule has 0 spiro atoms. The van der Waals surface area contributed by atoms with E-state index in [4.69, 9.17) is 0 Å². The molecule has 2 atom stereocenters. The number of para-hydroxylation sites is 1. The number of aryl methyl sites for hydroxylation is 2. The predicted octanol–water partition coefficient (Wildman–Crippen LogP) is 3.06. The van der Waals surface area contributed by atoms with Crippen LogP contribution in [0, 0.1) is 24.0 Å². The highest BCUT2D eigenvalue weighted by molar-refractivity contribution is 5.51. The summed E-state index contributed by atoms with van der Waals surface area (Å²) in [6.07, 6.45) is 1.02. The molecule has 0 saturated heterocycles. The third-order valence-corrected chi connectivity index (χ3v) is 3.94. The van der Waals surface area contributed by atoms with Crippen LogP contribution in [0.2, 0.25) is 0 Å². The molecular weight excluding hydrogens is 295 g/mol. The van der Waals surface area contributed by atoms with Crippen LogP contribution < -0.4 is 10.6 Å². The van der Waals surface area contributed by atoms with Crippen LogP contribution >= 0.6 is 0 Å². The van der Waals surface area contributed by atoms with Gasteiger partial charge in [-0.05, 0) is 36.8 Å². The number of halogens is 1. The third kappa shape index (κ3) is 3.89. The van der Waals surface area contributed by atoms with Crippen LogP contribution in [-0.4, -0.2) is 9.78 Å². The van der Waals surface area contributed by atoms with Gasteiger partial charge in [-0.15, -0.1) is 0 Å². The molecule has 2 N–H and O–H groups in total. The number of quaternary nitrogens is 1. The molecule has 2 unspecified atom stereocenters. The van der Waals surface area contributed by atoms with E-state index < -0.39 is 11.1 Å². The van der Waals surface area contributed by atoms with E-state index in [1.807, 2.05) is 24.3 Å². The Labute approximate surface area is 136 Å². The van der Waals surface area contributed by atoms with E-state index in [0.29, 0.717) is 17.5 Å². The van der Waals surface area contributed by atoms with Gasteiger partial charge in [0.2, 0.25) is 5.69 Å². The van der Waals surface area contributed by atoms with Crippen LogP contribution in [-0.2, 0) is 7.05 Å². The summed E-state index contributed by atoms with van der Waals surface area (Å²) in [4.78, 5) is 0. The lowest BCUT2D eigenvalue weighted by atomic mass is 9.91. The summed E-state index contributed by atoms with van der Waals surface area (Å²) < 4.78 is 15.1. The number of hydrogen-bond donors (Lipinski definition) is 2. The van der Waals surface area contributed by atoms with Crippen molar-refractivity contribution in [2.24, 2.45) is 13.0 Å². The molecule has 0 saturated carbocycles. The van der Waals surface area contributed by atoms with Gasteiger partial charge in [-0.1, -0.05) is 39.0 Å². The van der Waals surface area contributed by atoms with Crippen molar-refractivity contribution < 1.29 is 9.56 Å². The van der Waals surface area contributed by atoms with E-state index in [-0.39, 0.29) is 5.69 Å². The summed E-state index contributed by atoms with van der Waals surface area (Å²) in [6, 6.07) is 7.69. The minimum Gasteiger partial charge on any atom is -0.603 e. The molecule has 0 amide bonds. The Morgan fingerprint density at radius 3 is 2.52 bits per heavy atom. The van der Waals surface area contributed by atoms with Gasteiger partial charge in [0.15, 0.2) is 0 Å². The second kappa shape index (κ2) is 7.10. The van der Waals surface area contributed by atoms with E-state index in [1.54, 1.807) is 6.92 Å². The highest BCUT2D eigenvalue weighted by atomic mass is 19.1. The molecule has 1 aromatic heterocycles. The van der Waals surface area contributed by atoms with Gasteiger partial charge in [-0.3, -0.25) is 0 Å². The summed E-state index contributed by atoms with van der Waals surface area (Å²) in [5, 5.41) is 16.0. The zero-order chi connectivity index (χ0) is 17.1. The molecule has 2 rings (SSSR count). The van der Waals surface area contributed by atoms with Gasteiger partial charge in [0.05, 0.1) is 5.69 Å². The molecule has 126 valence electrons. The van der Waals surface area contributed by atoms with Gasteiger partial charge in [0.25, 0.3) is 5.95 Å². The van der Waals surface area contributed by atoms with Crippen molar-refractivity contribution in [1.29, 1.82) is 0 Å². The molecule has 0 fully saturated rings. The Bertz CT molecular complexity index is 669. The van der Waals surface area contributed by atoms with Crippen molar-refractivity contribution in [2.45, 2.75) is 40.0 Å². The van der Waals surface area contributed by atoms with Crippen LogP contribution in [0.15, 0.2) is 24.3 Å². The smallest absolute Gasteiger partial charge is 0.275 e. The Hall–Kier alpha value is -1.92. The number of benzene rings is 1. The van der Waals surface area contributed by atoms with E-state index in [2.05, 4.69) is 31.3 Å². The monoisotopic (exact) mass is 320 g/mol. The Morgan fingerprint density at radius 2 is 1.96 bits per heavy atom. The molecule has 0 aliphatic heterocycles. The molecule has 0 bridgehead atoms. The average Bonchev–Trinajstić information content (AvgIpc) is 2.71. The lowest BCUT2D eigenvalue weighted by molar-refractivity contribution is -0.751. The fraction of sp³-hybridized carbons (Fsp3) is 0.471. The van der Waals surface area contributed by atoms with Gasteiger partial charge < -0.3 is 5.21 Å². The standard InChI is InChI=1S/C17H25FN4O/c1-11(2)10-12(3)14-8-6-7-9-15(14)20-22(23)16-13(4)19-21(5)17(16)18/h6-9,11-12,20,22H,10H2,1-5H3. The minimum atomic E-state index is -0.618. The fourth-order valence-electron chi connectivity index (χ4n) is 2.95. The lowest BCUT2D eigenvalue weighted by Gasteiger charge is -2.25. The van der Waals surface area contributed by atoms with Gasteiger partial charge in [-0.25, -0.2) is 15.3 Å². The summed E-state index contributed by atoms with van der Waals surface area (Å²) in [7, 11) is 1.48. The summed E-state index contributed by atoms with van der Waals surface area (Å²) in [5.74, 6) is 0.255. The predicted molar refractivity (Wildman–Crippen MR) is 89.8 cm³/mol. The molecule has 1 heterocycles. The first-order valence-electron chi connectivity index (χ1n) is 7.90. The number of anilines is 1. The molecule has 0 aliphatic carbocycles. The van der Waals surface area contributed by atoms with E-state index in [1.165, 1.54) is 7.05 Å². The van der Waals surface area contributed by atoms with Crippen LogP contribution in [0.25, 0.3) is 0 Å². The number of aromatic nitrogens is 2. The van der Waals surface area contributed by atoms with Crippen LogP contribution in [0.3, 0.4) is 0 Å². The van der Waals surface area contributed by atoms with Crippen LogP contribution in [0.5, 0.6) is 0 Å². The summed E-state index contributed by atoms with van der Waals surface area (Å²) in [5.41, 5.74) is 5.02. The zero-order valence-electron chi connectivity index (χ0n) is 14.4. The van der Waals surface area contributed by atoms with Gasteiger partial charge >= 0.3 is 0 Å². The highest BCUT2D eigenvalue weighted by Crippen LogP contribution is 2.28. The normalized spacial score (nSPS) is 14.1. The Balaban J connectivity index is 2.26. The third-order valence-electron chi connectivity index (χ3n) is 3.94. The first-order valence-corrected chi connectivity index (χ1v) is 7.90. The Kier molecular flexibility index (Phi) is 5.38. The largest absolute Gasteiger partial charge is 0.603 e. The molecule has 0 aliphatic rings. The Morgan fingerprint density at radius 1 is 1.30 bits per heavy atom. The van der Waals surface area contributed by atoms with Crippen molar-refractivity contribution in [3.05, 3.63) is 46.7 Å². The van der Waals surface area contributed by atoms with E-state index in [0.717, 1.165) is 22.4 Å². The first-order chi connectivity index (χ1) is 10.8. The molecule has 5 nitrogen and oxygen atoms in total. The summed E-state index contributed by atoms with van der Waals surface area (Å²) in [6.45, 7) is 8.12. The molecule has 6 heteroatoms. The lowest BCUT2D eigenvalue weighted by Crippen LogP contribution is -3.06. The quantitative estimate of drug-likeness (QED) is 0.804. The maximum absolute atomic E-state index is 14.0. The molecule has 0 radical (unpaired) electrons. The van der Waals surface area contributed by atoms with Gasteiger partial charge in [0.1, 0.15) is 5.69 Å². The maximum atomic E-state index is 14.0. The molecule has 2 aromatic rings.